The van der Waals surface area contributed by atoms with Crippen molar-refractivity contribution in [1.82, 2.24) is 0 Å². The van der Waals surface area contributed by atoms with Crippen LogP contribution >= 0.6 is 0 Å². The number of carboxylic acids is 1. The average Bonchev–Trinajstić information content (AvgIpc) is 3.39. The molecule has 0 aromatic carbocycles. The van der Waals surface area contributed by atoms with Gasteiger partial charge in [0.1, 0.15) is 18.8 Å². The number of unbranched alkanes of at least 4 members (excludes halogenated alkanes) is 24. The minimum Gasteiger partial charge on any atom is -0.479 e. The number of aliphatic carboxylic acids is 1. The van der Waals surface area contributed by atoms with Crippen molar-refractivity contribution in [1.29, 1.82) is 0 Å². The fourth-order valence-corrected chi connectivity index (χ4v) is 8.68. The second-order valence-electron chi connectivity index (χ2n) is 20.3. The predicted molar refractivity (Wildman–Crippen MR) is 303 cm³/mol. The van der Waals surface area contributed by atoms with Crippen LogP contribution in [0.5, 0.6) is 0 Å². The van der Waals surface area contributed by atoms with E-state index in [1.807, 2.05) is 0 Å². The van der Waals surface area contributed by atoms with E-state index in [1.165, 1.54) is 51.4 Å². The number of esters is 3. The summed E-state index contributed by atoms with van der Waals surface area (Å²) in [5.74, 6) is -3.14. The molecule has 1 aliphatic rings. The Balaban J connectivity index is 2.67. The number of carbonyl (C=O) groups is 4. The third kappa shape index (κ3) is 41.0. The molecule has 0 bridgehead atoms. The summed E-state index contributed by atoms with van der Waals surface area (Å²) in [6.45, 7) is 5.81. The molecule has 0 spiro atoms. The molecule has 75 heavy (non-hydrogen) atoms. The Labute approximate surface area is 455 Å². The molecule has 0 aliphatic carbocycles. The van der Waals surface area contributed by atoms with Gasteiger partial charge in [-0.3, -0.25) is 14.4 Å². The summed E-state index contributed by atoms with van der Waals surface area (Å²) in [5.41, 5.74) is 0. The van der Waals surface area contributed by atoms with Gasteiger partial charge in [-0.05, 0) is 89.9 Å². The zero-order valence-corrected chi connectivity index (χ0v) is 47.3. The molecule has 1 fully saturated rings. The molecule has 6 unspecified atom stereocenters. The van der Waals surface area contributed by atoms with E-state index < -0.39 is 67.3 Å². The van der Waals surface area contributed by atoms with Gasteiger partial charge in [0.2, 0.25) is 0 Å². The molecular weight excluding hydrogens is 949 g/mol. The standard InChI is InChI=1S/C63H106O12/c1-4-7-10-13-16-19-21-23-25-27-28-30-31-33-35-38-40-43-46-49-55(64)71-52-54(73-56(65)50-47-44-42-39-36-34-32-29-26-24-22-20-17-14-11-8-5-2)53-72-63-61(59(68)58(67)60(75-63)62(69)70)74-57(66)51-48-45-41-37-18-15-12-9-6-3/h8,11,16-17,19-20,23-26,28,30,54,58-61,63,67-68H,4-7,9-10,12-15,18,21-22,27,29,31-53H2,1-3H3,(H,69,70)/b11-8-,19-16-,20-17-,25-23-,26-24-,30-28-. The lowest BCUT2D eigenvalue weighted by Crippen LogP contribution is -2.61. The van der Waals surface area contributed by atoms with E-state index in [2.05, 4.69) is 93.7 Å². The van der Waals surface area contributed by atoms with Gasteiger partial charge in [0, 0.05) is 19.3 Å². The molecule has 0 saturated carbocycles. The highest BCUT2D eigenvalue weighted by molar-refractivity contribution is 5.74. The molecule has 1 aliphatic heterocycles. The molecule has 3 N–H and O–H groups in total. The van der Waals surface area contributed by atoms with E-state index in [-0.39, 0.29) is 25.9 Å². The Kier molecular flexibility index (Phi) is 47.0. The largest absolute Gasteiger partial charge is 0.479 e. The van der Waals surface area contributed by atoms with Crippen molar-refractivity contribution >= 4 is 23.9 Å². The van der Waals surface area contributed by atoms with E-state index in [9.17, 15) is 34.5 Å². The lowest BCUT2D eigenvalue weighted by atomic mass is 9.98. The summed E-state index contributed by atoms with van der Waals surface area (Å²) in [7, 11) is 0. The maximum atomic E-state index is 13.2. The fourth-order valence-electron chi connectivity index (χ4n) is 8.68. The first-order valence-corrected chi connectivity index (χ1v) is 29.9. The van der Waals surface area contributed by atoms with Gasteiger partial charge >= 0.3 is 23.9 Å². The Morgan fingerprint density at radius 3 is 1.31 bits per heavy atom. The van der Waals surface area contributed by atoms with Crippen molar-refractivity contribution in [2.75, 3.05) is 13.2 Å². The molecular formula is C63H106O12. The number of aliphatic hydroxyl groups excluding tert-OH is 2. The summed E-state index contributed by atoms with van der Waals surface area (Å²) in [4.78, 5) is 51.0. The van der Waals surface area contributed by atoms with Gasteiger partial charge in [-0.1, -0.05) is 216 Å². The lowest BCUT2D eigenvalue weighted by Gasteiger charge is -2.40. The molecule has 1 heterocycles. The van der Waals surface area contributed by atoms with Gasteiger partial charge < -0.3 is 39.0 Å². The fraction of sp³-hybridized carbons (Fsp3) is 0.746. The molecule has 430 valence electrons. The van der Waals surface area contributed by atoms with Crippen LogP contribution in [0.4, 0.5) is 0 Å². The molecule has 0 aromatic rings. The minimum absolute atomic E-state index is 0.0575. The maximum Gasteiger partial charge on any atom is 0.335 e. The lowest BCUT2D eigenvalue weighted by molar-refractivity contribution is -0.301. The second-order valence-corrected chi connectivity index (χ2v) is 20.3. The monoisotopic (exact) mass is 1050 g/mol. The number of ether oxygens (including phenoxy) is 5. The zero-order chi connectivity index (χ0) is 54.7. The summed E-state index contributed by atoms with van der Waals surface area (Å²) >= 11 is 0. The van der Waals surface area contributed by atoms with Crippen LogP contribution in [0.15, 0.2) is 72.9 Å². The average molecular weight is 1060 g/mol. The van der Waals surface area contributed by atoms with Crippen molar-refractivity contribution < 1.29 is 58.2 Å². The summed E-state index contributed by atoms with van der Waals surface area (Å²) in [6.07, 6.45) is 51.7. The second kappa shape index (κ2) is 50.9. The first-order chi connectivity index (χ1) is 36.6. The van der Waals surface area contributed by atoms with E-state index in [0.29, 0.717) is 19.3 Å². The van der Waals surface area contributed by atoms with E-state index in [4.69, 9.17) is 23.7 Å². The highest BCUT2D eigenvalue weighted by Gasteiger charge is 2.50. The van der Waals surface area contributed by atoms with Crippen LogP contribution in [0.3, 0.4) is 0 Å². The maximum absolute atomic E-state index is 13.2. The Morgan fingerprint density at radius 2 is 0.840 bits per heavy atom. The number of carbonyl (C=O) groups excluding carboxylic acids is 3. The number of carboxylic acid groups (broad SMARTS) is 1. The van der Waals surface area contributed by atoms with Gasteiger partial charge in [-0.25, -0.2) is 4.79 Å². The number of hydrogen-bond acceptors (Lipinski definition) is 11. The summed E-state index contributed by atoms with van der Waals surface area (Å²) < 4.78 is 28.4. The number of allylic oxidation sites excluding steroid dienone is 12. The minimum atomic E-state index is -1.90. The first-order valence-electron chi connectivity index (χ1n) is 29.9. The normalized spacial score (nSPS) is 18.7. The number of hydrogen-bond donors (Lipinski definition) is 3. The van der Waals surface area contributed by atoms with Gasteiger partial charge in [0.25, 0.3) is 0 Å². The van der Waals surface area contributed by atoms with Crippen molar-refractivity contribution in [2.45, 2.75) is 289 Å². The van der Waals surface area contributed by atoms with Crippen molar-refractivity contribution in [3.05, 3.63) is 72.9 Å². The van der Waals surface area contributed by atoms with Crippen molar-refractivity contribution in [3.8, 4) is 0 Å². The molecule has 12 nitrogen and oxygen atoms in total. The molecule has 1 saturated heterocycles. The summed E-state index contributed by atoms with van der Waals surface area (Å²) in [6, 6.07) is 0. The van der Waals surface area contributed by atoms with E-state index in [0.717, 1.165) is 141 Å². The van der Waals surface area contributed by atoms with Gasteiger partial charge in [-0.2, -0.15) is 0 Å². The third-order valence-electron chi connectivity index (χ3n) is 13.3. The number of rotatable bonds is 50. The first kappa shape index (κ1) is 69.2. The molecule has 0 radical (unpaired) electrons. The quantitative estimate of drug-likeness (QED) is 0.0228. The molecule has 12 heteroatoms. The third-order valence-corrected chi connectivity index (χ3v) is 13.3. The van der Waals surface area contributed by atoms with Crippen LogP contribution in [-0.4, -0.2) is 89.2 Å². The predicted octanol–water partition coefficient (Wildman–Crippen LogP) is 15.3. The van der Waals surface area contributed by atoms with E-state index >= 15 is 0 Å². The highest BCUT2D eigenvalue weighted by atomic mass is 16.7. The molecule has 0 amide bonds. The van der Waals surface area contributed by atoms with Crippen LogP contribution in [0.2, 0.25) is 0 Å². The van der Waals surface area contributed by atoms with Crippen LogP contribution in [0, 0.1) is 0 Å². The van der Waals surface area contributed by atoms with Crippen LogP contribution in [0.25, 0.3) is 0 Å². The Morgan fingerprint density at radius 1 is 0.453 bits per heavy atom. The summed E-state index contributed by atoms with van der Waals surface area (Å²) in [5, 5.41) is 31.4. The smallest absolute Gasteiger partial charge is 0.335 e. The SMILES string of the molecule is CC/C=C\C/C=C\C/C=C\CCCCCCCCCC(=O)OC(COC(=O)CCCCCCCC/C=C\C/C=C\C/C=C\CCCCC)COC1OC(C(=O)O)C(O)C(O)C1OC(=O)CCCCCCCCCCC. The number of aliphatic hydroxyl groups is 2. The van der Waals surface area contributed by atoms with Crippen LogP contribution in [0.1, 0.15) is 252 Å². The van der Waals surface area contributed by atoms with Crippen LogP contribution < -0.4 is 0 Å². The topological polar surface area (TPSA) is 175 Å². The van der Waals surface area contributed by atoms with E-state index in [1.54, 1.807) is 0 Å². The van der Waals surface area contributed by atoms with Crippen molar-refractivity contribution in [2.24, 2.45) is 0 Å². The van der Waals surface area contributed by atoms with Crippen LogP contribution in [-0.2, 0) is 42.9 Å². The molecule has 1 rings (SSSR count). The van der Waals surface area contributed by atoms with Gasteiger partial charge in [0.05, 0.1) is 6.61 Å². The van der Waals surface area contributed by atoms with Gasteiger partial charge in [-0.15, -0.1) is 0 Å². The Bertz CT molecular complexity index is 1580. The Hall–Kier alpha value is -3.84. The van der Waals surface area contributed by atoms with Gasteiger partial charge in [0.15, 0.2) is 24.6 Å². The molecule has 6 atom stereocenters. The molecule has 0 aromatic heterocycles. The van der Waals surface area contributed by atoms with Crippen molar-refractivity contribution in [3.63, 3.8) is 0 Å². The zero-order valence-electron chi connectivity index (χ0n) is 47.3. The highest BCUT2D eigenvalue weighted by Crippen LogP contribution is 2.26.